The minimum atomic E-state index is -0.909. The van der Waals surface area contributed by atoms with Crippen molar-refractivity contribution in [2.45, 2.75) is 6.92 Å². The zero-order chi connectivity index (χ0) is 13.4. The second-order valence-corrected chi connectivity index (χ2v) is 5.25. The number of aryl methyl sites for hydroxylation is 1. The van der Waals surface area contributed by atoms with Crippen LogP contribution in [-0.4, -0.2) is 16.1 Å². The van der Waals surface area contributed by atoms with Crippen LogP contribution < -0.4 is 0 Å². The summed E-state index contributed by atoms with van der Waals surface area (Å²) in [5, 5.41) is 11.4. The van der Waals surface area contributed by atoms with Crippen molar-refractivity contribution in [3.8, 4) is 10.4 Å². The van der Waals surface area contributed by atoms with Crippen molar-refractivity contribution in [3.05, 3.63) is 53.2 Å². The lowest BCUT2D eigenvalue weighted by molar-refractivity contribution is 0.0698. The average Bonchev–Trinajstić information content (AvgIpc) is 2.91. The minimum Gasteiger partial charge on any atom is -0.478 e. The van der Waals surface area contributed by atoms with Gasteiger partial charge in [-0.15, -0.1) is 11.3 Å². The summed E-state index contributed by atoms with van der Waals surface area (Å²) >= 11 is 1.45. The Balaban J connectivity index is 2.37. The highest BCUT2D eigenvalue weighted by molar-refractivity contribution is 7.13. The average molecular weight is 269 g/mol. The van der Waals surface area contributed by atoms with E-state index < -0.39 is 5.97 Å². The third-order valence-corrected chi connectivity index (χ3v) is 3.97. The summed E-state index contributed by atoms with van der Waals surface area (Å²) in [4.78, 5) is 16.4. The lowest BCUT2D eigenvalue weighted by Gasteiger charge is -2.08. The zero-order valence-corrected chi connectivity index (χ0v) is 11.1. The monoisotopic (exact) mass is 269 g/mol. The molecule has 0 aliphatic carbocycles. The molecule has 0 aliphatic rings. The molecule has 0 unspecified atom stereocenters. The fraction of sp³-hybridized carbons (Fsp3) is 0.0667. The summed E-state index contributed by atoms with van der Waals surface area (Å²) in [6.07, 6.45) is 1.70. The van der Waals surface area contributed by atoms with Gasteiger partial charge in [0.15, 0.2) is 0 Å². The van der Waals surface area contributed by atoms with E-state index in [1.807, 2.05) is 31.2 Å². The molecule has 3 nitrogen and oxygen atoms in total. The highest BCUT2D eigenvalue weighted by atomic mass is 32.1. The van der Waals surface area contributed by atoms with E-state index in [0.29, 0.717) is 5.56 Å². The van der Waals surface area contributed by atoms with Crippen molar-refractivity contribution < 1.29 is 9.90 Å². The predicted octanol–water partition coefficient (Wildman–Crippen LogP) is 3.97. The number of carboxylic acids is 1. The van der Waals surface area contributed by atoms with Crippen LogP contribution in [0.25, 0.3) is 21.2 Å². The normalized spacial score (nSPS) is 10.8. The molecule has 3 aromatic rings. The Hall–Kier alpha value is -2.20. The van der Waals surface area contributed by atoms with Gasteiger partial charge in [0.25, 0.3) is 0 Å². The van der Waals surface area contributed by atoms with E-state index in [0.717, 1.165) is 26.8 Å². The van der Waals surface area contributed by atoms with Crippen molar-refractivity contribution in [3.63, 3.8) is 0 Å². The molecule has 94 valence electrons. The summed E-state index contributed by atoms with van der Waals surface area (Å²) < 4.78 is 0. The van der Waals surface area contributed by atoms with Gasteiger partial charge in [0.05, 0.1) is 16.0 Å². The second kappa shape index (κ2) is 4.48. The lowest BCUT2D eigenvalue weighted by atomic mass is 9.97. The third-order valence-electron chi connectivity index (χ3n) is 3.16. The SMILES string of the molecule is Cc1cccc2cc(-c3cncs3)c(C(=O)O)cc12. The van der Waals surface area contributed by atoms with Crippen LogP contribution in [0.1, 0.15) is 15.9 Å². The highest BCUT2D eigenvalue weighted by Gasteiger charge is 2.14. The first-order valence-corrected chi connectivity index (χ1v) is 6.70. The van der Waals surface area contributed by atoms with E-state index in [9.17, 15) is 9.90 Å². The fourth-order valence-corrected chi connectivity index (χ4v) is 2.86. The number of fused-ring (bicyclic) bond motifs is 1. The predicted molar refractivity (Wildman–Crippen MR) is 76.8 cm³/mol. The van der Waals surface area contributed by atoms with Gasteiger partial charge in [-0.3, -0.25) is 4.98 Å². The molecule has 1 heterocycles. The molecular formula is C15H11NO2S. The first-order chi connectivity index (χ1) is 9.16. The van der Waals surface area contributed by atoms with Crippen LogP contribution in [-0.2, 0) is 0 Å². The largest absolute Gasteiger partial charge is 0.478 e. The van der Waals surface area contributed by atoms with E-state index in [4.69, 9.17) is 0 Å². The smallest absolute Gasteiger partial charge is 0.336 e. The number of carbonyl (C=O) groups is 1. The summed E-state index contributed by atoms with van der Waals surface area (Å²) in [7, 11) is 0. The Kier molecular flexibility index (Phi) is 2.80. The van der Waals surface area contributed by atoms with Crippen LogP contribution in [0.4, 0.5) is 0 Å². The van der Waals surface area contributed by atoms with Crippen molar-refractivity contribution in [2.24, 2.45) is 0 Å². The Morgan fingerprint density at radius 1 is 1.32 bits per heavy atom. The Morgan fingerprint density at radius 3 is 2.84 bits per heavy atom. The van der Waals surface area contributed by atoms with Gasteiger partial charge in [-0.25, -0.2) is 4.79 Å². The number of benzene rings is 2. The van der Waals surface area contributed by atoms with Gasteiger partial charge in [-0.2, -0.15) is 0 Å². The molecule has 0 fully saturated rings. The molecule has 0 atom stereocenters. The molecule has 19 heavy (non-hydrogen) atoms. The van der Waals surface area contributed by atoms with Gasteiger partial charge in [0.2, 0.25) is 0 Å². The van der Waals surface area contributed by atoms with Gasteiger partial charge < -0.3 is 5.11 Å². The van der Waals surface area contributed by atoms with Crippen LogP contribution in [0.3, 0.4) is 0 Å². The number of rotatable bonds is 2. The van der Waals surface area contributed by atoms with E-state index in [-0.39, 0.29) is 0 Å². The number of carboxylic acid groups (broad SMARTS) is 1. The summed E-state index contributed by atoms with van der Waals surface area (Å²) in [5.41, 5.74) is 3.84. The lowest BCUT2D eigenvalue weighted by Crippen LogP contribution is -1.99. The van der Waals surface area contributed by atoms with E-state index >= 15 is 0 Å². The Morgan fingerprint density at radius 2 is 2.16 bits per heavy atom. The van der Waals surface area contributed by atoms with Gasteiger partial charge in [-0.05, 0) is 35.4 Å². The first-order valence-electron chi connectivity index (χ1n) is 5.82. The quantitative estimate of drug-likeness (QED) is 0.765. The van der Waals surface area contributed by atoms with Crippen LogP contribution in [0.2, 0.25) is 0 Å². The molecule has 0 saturated heterocycles. The maximum atomic E-state index is 11.5. The van der Waals surface area contributed by atoms with Gasteiger partial charge in [0, 0.05) is 11.8 Å². The van der Waals surface area contributed by atoms with E-state index in [1.54, 1.807) is 17.8 Å². The third kappa shape index (κ3) is 2.00. The first kappa shape index (κ1) is 11.9. The molecule has 0 spiro atoms. The topological polar surface area (TPSA) is 50.2 Å². The van der Waals surface area contributed by atoms with E-state index in [2.05, 4.69) is 4.98 Å². The molecule has 0 saturated carbocycles. The van der Waals surface area contributed by atoms with Crippen molar-refractivity contribution in [1.82, 2.24) is 4.98 Å². The molecule has 3 rings (SSSR count). The number of nitrogens with zero attached hydrogens (tertiary/aromatic N) is 1. The standard InChI is InChI=1S/C15H11NO2S/c1-9-3-2-4-10-5-12(14-7-16-8-19-14)13(15(17)18)6-11(9)10/h2-8H,1H3,(H,17,18). The minimum absolute atomic E-state index is 0.325. The van der Waals surface area contributed by atoms with Crippen LogP contribution >= 0.6 is 11.3 Å². The van der Waals surface area contributed by atoms with Gasteiger partial charge >= 0.3 is 5.97 Å². The van der Waals surface area contributed by atoms with Crippen molar-refractivity contribution in [2.75, 3.05) is 0 Å². The molecule has 0 aliphatic heterocycles. The van der Waals surface area contributed by atoms with E-state index in [1.165, 1.54) is 11.3 Å². The number of thiazole rings is 1. The molecule has 1 aromatic heterocycles. The van der Waals surface area contributed by atoms with Crippen LogP contribution in [0.15, 0.2) is 42.0 Å². The van der Waals surface area contributed by atoms with Crippen LogP contribution in [0, 0.1) is 6.92 Å². The fourth-order valence-electron chi connectivity index (χ4n) is 2.21. The van der Waals surface area contributed by atoms with Crippen molar-refractivity contribution in [1.29, 1.82) is 0 Å². The summed E-state index contributed by atoms with van der Waals surface area (Å²) in [6, 6.07) is 9.65. The number of hydrogen-bond acceptors (Lipinski definition) is 3. The molecule has 0 radical (unpaired) electrons. The van der Waals surface area contributed by atoms with Crippen molar-refractivity contribution >= 4 is 28.1 Å². The number of aromatic nitrogens is 1. The summed E-state index contributed by atoms with van der Waals surface area (Å²) in [5.74, 6) is -0.909. The Labute approximate surface area is 114 Å². The highest BCUT2D eigenvalue weighted by Crippen LogP contribution is 2.32. The Bertz CT molecular complexity index is 763. The van der Waals surface area contributed by atoms with Gasteiger partial charge in [-0.1, -0.05) is 18.2 Å². The molecule has 0 bridgehead atoms. The number of aromatic carboxylic acids is 1. The molecule has 4 heteroatoms. The second-order valence-electron chi connectivity index (χ2n) is 4.36. The summed E-state index contributed by atoms with van der Waals surface area (Å²) in [6.45, 7) is 1.99. The number of hydrogen-bond donors (Lipinski definition) is 1. The zero-order valence-electron chi connectivity index (χ0n) is 10.3. The molecular weight excluding hydrogens is 258 g/mol. The molecule has 2 aromatic carbocycles. The maximum absolute atomic E-state index is 11.5. The molecule has 1 N–H and O–H groups in total. The maximum Gasteiger partial charge on any atom is 0.336 e. The van der Waals surface area contributed by atoms with Gasteiger partial charge in [0.1, 0.15) is 0 Å². The molecule has 0 amide bonds. The van der Waals surface area contributed by atoms with Crippen LogP contribution in [0.5, 0.6) is 0 Å².